The first-order chi connectivity index (χ1) is 8.38. The molecule has 98 valence electrons. The maximum Gasteiger partial charge on any atom is 0.314 e. The molecule has 0 saturated carbocycles. The van der Waals surface area contributed by atoms with E-state index in [-0.39, 0.29) is 18.1 Å². The second-order valence-electron chi connectivity index (χ2n) is 4.52. The van der Waals surface area contributed by atoms with Crippen molar-refractivity contribution >= 4 is 11.9 Å². The molecule has 0 heterocycles. The summed E-state index contributed by atoms with van der Waals surface area (Å²) in [6, 6.07) is 6.63. The van der Waals surface area contributed by atoms with Crippen molar-refractivity contribution < 1.29 is 19.1 Å². The van der Waals surface area contributed by atoms with Crippen LogP contribution >= 0.6 is 0 Å². The summed E-state index contributed by atoms with van der Waals surface area (Å²) in [6.07, 6.45) is 0. The van der Waals surface area contributed by atoms with Gasteiger partial charge in [-0.15, -0.1) is 0 Å². The van der Waals surface area contributed by atoms with Gasteiger partial charge in [0.1, 0.15) is 12.4 Å². The second kappa shape index (κ2) is 5.53. The predicted molar refractivity (Wildman–Crippen MR) is 66.3 cm³/mol. The number of ether oxygens (including phenoxy) is 2. The number of carbonyl (C=O) groups is 2. The van der Waals surface area contributed by atoms with E-state index >= 15 is 0 Å². The third kappa shape index (κ3) is 3.23. The van der Waals surface area contributed by atoms with Crippen LogP contribution in [0.2, 0.25) is 0 Å². The summed E-state index contributed by atoms with van der Waals surface area (Å²) in [5, 5.41) is 0. The summed E-state index contributed by atoms with van der Waals surface area (Å²) in [7, 11) is 1.32. The van der Waals surface area contributed by atoms with E-state index in [1.54, 1.807) is 38.1 Å². The number of hydrogen-bond donors (Lipinski definition) is 1. The monoisotopic (exact) mass is 251 g/mol. The lowest BCUT2D eigenvalue weighted by molar-refractivity contribution is -0.152. The number of para-hydroxylation sites is 1. The van der Waals surface area contributed by atoms with Crippen molar-refractivity contribution in [2.24, 2.45) is 11.1 Å². The van der Waals surface area contributed by atoms with Gasteiger partial charge in [0.2, 0.25) is 0 Å². The number of amides is 1. The largest absolute Gasteiger partial charge is 0.492 e. The van der Waals surface area contributed by atoms with E-state index in [2.05, 4.69) is 4.74 Å². The van der Waals surface area contributed by atoms with Crippen molar-refractivity contribution in [3.63, 3.8) is 0 Å². The molecule has 0 fully saturated rings. The zero-order valence-corrected chi connectivity index (χ0v) is 10.7. The van der Waals surface area contributed by atoms with E-state index < -0.39 is 11.3 Å². The van der Waals surface area contributed by atoms with Crippen molar-refractivity contribution in [1.29, 1.82) is 0 Å². The van der Waals surface area contributed by atoms with Crippen LogP contribution in [0.3, 0.4) is 0 Å². The summed E-state index contributed by atoms with van der Waals surface area (Å²) in [5.74, 6) is -0.581. The Labute approximate surface area is 106 Å². The highest BCUT2D eigenvalue weighted by Crippen LogP contribution is 2.22. The van der Waals surface area contributed by atoms with Gasteiger partial charge >= 0.3 is 5.97 Å². The minimum absolute atomic E-state index is 0.101. The molecule has 0 unspecified atom stereocenters. The second-order valence-corrected chi connectivity index (χ2v) is 4.52. The molecule has 0 aliphatic heterocycles. The number of primary amides is 1. The van der Waals surface area contributed by atoms with Crippen molar-refractivity contribution in [1.82, 2.24) is 0 Å². The van der Waals surface area contributed by atoms with E-state index in [1.165, 1.54) is 7.11 Å². The molecule has 1 rings (SSSR count). The first-order valence-corrected chi connectivity index (χ1v) is 5.48. The average molecular weight is 251 g/mol. The van der Waals surface area contributed by atoms with Gasteiger partial charge in [0.05, 0.1) is 18.1 Å². The van der Waals surface area contributed by atoms with Crippen LogP contribution in [0.25, 0.3) is 0 Å². The summed E-state index contributed by atoms with van der Waals surface area (Å²) >= 11 is 0. The molecule has 0 aliphatic rings. The number of methoxy groups -OCH3 is 1. The number of rotatable bonds is 5. The summed E-state index contributed by atoms with van der Waals surface area (Å²) < 4.78 is 10.2. The molecule has 1 aromatic carbocycles. The van der Waals surface area contributed by atoms with Gasteiger partial charge < -0.3 is 15.2 Å². The van der Waals surface area contributed by atoms with Gasteiger partial charge in [-0.1, -0.05) is 12.1 Å². The molecule has 2 N–H and O–H groups in total. The normalized spacial score (nSPS) is 10.8. The Kier molecular flexibility index (Phi) is 4.31. The van der Waals surface area contributed by atoms with Gasteiger partial charge in [0.25, 0.3) is 5.91 Å². The first-order valence-electron chi connectivity index (χ1n) is 5.48. The first kappa shape index (κ1) is 14.0. The lowest BCUT2D eigenvalue weighted by Gasteiger charge is -2.22. The van der Waals surface area contributed by atoms with Crippen molar-refractivity contribution in [2.45, 2.75) is 13.8 Å². The third-order valence-corrected chi connectivity index (χ3v) is 2.48. The van der Waals surface area contributed by atoms with Crippen LogP contribution in [-0.4, -0.2) is 25.6 Å². The number of nitrogens with two attached hydrogens (primary N) is 1. The Morgan fingerprint density at radius 2 is 1.89 bits per heavy atom. The van der Waals surface area contributed by atoms with Gasteiger partial charge in [0, 0.05) is 0 Å². The number of benzene rings is 1. The standard InChI is InChI=1S/C13H17NO4/c1-13(2,12(16)17-3)8-18-10-7-5-4-6-9(10)11(14)15/h4-7H,8H2,1-3H3,(H2,14,15). The van der Waals surface area contributed by atoms with Crippen LogP contribution < -0.4 is 10.5 Å². The highest BCUT2D eigenvalue weighted by atomic mass is 16.5. The molecule has 0 bridgehead atoms. The molecule has 1 aromatic rings. The lowest BCUT2D eigenvalue weighted by Crippen LogP contribution is -2.32. The molecular formula is C13H17NO4. The molecular weight excluding hydrogens is 234 g/mol. The van der Waals surface area contributed by atoms with Gasteiger partial charge in [-0.25, -0.2) is 0 Å². The number of hydrogen-bond acceptors (Lipinski definition) is 4. The summed E-state index contributed by atoms with van der Waals surface area (Å²) in [6.45, 7) is 3.50. The Morgan fingerprint density at radius 1 is 1.28 bits per heavy atom. The van der Waals surface area contributed by atoms with Crippen LogP contribution in [0, 0.1) is 5.41 Å². The molecule has 5 nitrogen and oxygen atoms in total. The fraction of sp³-hybridized carbons (Fsp3) is 0.385. The van der Waals surface area contributed by atoms with E-state index in [4.69, 9.17) is 10.5 Å². The summed E-state index contributed by atoms with van der Waals surface area (Å²) in [4.78, 5) is 22.7. The van der Waals surface area contributed by atoms with Gasteiger partial charge in [-0.05, 0) is 26.0 Å². The number of esters is 1. The van der Waals surface area contributed by atoms with Crippen molar-refractivity contribution in [3.8, 4) is 5.75 Å². The van der Waals surface area contributed by atoms with Gasteiger partial charge in [-0.3, -0.25) is 9.59 Å². The highest BCUT2D eigenvalue weighted by molar-refractivity contribution is 5.95. The fourth-order valence-electron chi connectivity index (χ4n) is 1.39. The molecule has 0 aromatic heterocycles. The minimum atomic E-state index is -0.792. The molecule has 0 radical (unpaired) electrons. The smallest absolute Gasteiger partial charge is 0.314 e. The van der Waals surface area contributed by atoms with Crippen LogP contribution in [0.5, 0.6) is 5.75 Å². The average Bonchev–Trinajstić information content (AvgIpc) is 2.35. The zero-order valence-electron chi connectivity index (χ0n) is 10.7. The van der Waals surface area contributed by atoms with Crippen LogP contribution in [0.4, 0.5) is 0 Å². The predicted octanol–water partition coefficient (Wildman–Crippen LogP) is 1.36. The molecule has 5 heteroatoms. The van der Waals surface area contributed by atoms with Crippen molar-refractivity contribution in [3.05, 3.63) is 29.8 Å². The van der Waals surface area contributed by atoms with Crippen LogP contribution in [0.15, 0.2) is 24.3 Å². The van der Waals surface area contributed by atoms with Crippen LogP contribution in [0.1, 0.15) is 24.2 Å². The molecule has 0 atom stereocenters. The SMILES string of the molecule is COC(=O)C(C)(C)COc1ccccc1C(N)=O. The fourth-order valence-corrected chi connectivity index (χ4v) is 1.39. The van der Waals surface area contributed by atoms with E-state index in [0.717, 1.165) is 0 Å². The molecule has 0 aliphatic carbocycles. The Hall–Kier alpha value is -2.04. The third-order valence-electron chi connectivity index (χ3n) is 2.48. The van der Waals surface area contributed by atoms with Crippen molar-refractivity contribution in [2.75, 3.05) is 13.7 Å². The summed E-state index contributed by atoms with van der Waals surface area (Å²) in [5.41, 5.74) is 4.73. The topological polar surface area (TPSA) is 78.6 Å². The Balaban J connectivity index is 2.81. The number of carbonyl (C=O) groups excluding carboxylic acids is 2. The Morgan fingerprint density at radius 3 is 2.44 bits per heavy atom. The van der Waals surface area contributed by atoms with E-state index in [1.807, 2.05) is 0 Å². The molecule has 0 spiro atoms. The highest BCUT2D eigenvalue weighted by Gasteiger charge is 2.30. The Bertz CT molecular complexity index is 454. The molecule has 1 amide bonds. The maximum absolute atomic E-state index is 11.5. The maximum atomic E-state index is 11.5. The van der Waals surface area contributed by atoms with E-state index in [0.29, 0.717) is 5.75 Å². The molecule has 18 heavy (non-hydrogen) atoms. The van der Waals surface area contributed by atoms with Gasteiger partial charge in [0.15, 0.2) is 0 Å². The zero-order chi connectivity index (χ0) is 13.8. The quantitative estimate of drug-likeness (QED) is 0.801. The lowest BCUT2D eigenvalue weighted by atomic mass is 9.95. The van der Waals surface area contributed by atoms with E-state index in [9.17, 15) is 9.59 Å². The van der Waals surface area contributed by atoms with Gasteiger partial charge in [-0.2, -0.15) is 0 Å². The molecule has 0 saturated heterocycles. The minimum Gasteiger partial charge on any atom is -0.492 e. The van der Waals surface area contributed by atoms with Crippen LogP contribution in [-0.2, 0) is 9.53 Å².